The van der Waals surface area contributed by atoms with Crippen molar-refractivity contribution >= 4 is 22.1 Å². The fourth-order valence-electron chi connectivity index (χ4n) is 1.73. The highest BCUT2D eigenvalue weighted by molar-refractivity contribution is 5.99. The molecule has 0 bridgehead atoms. The van der Waals surface area contributed by atoms with Gasteiger partial charge in [-0.15, -0.1) is 0 Å². The van der Waals surface area contributed by atoms with Crippen LogP contribution in [0.5, 0.6) is 0 Å². The van der Waals surface area contributed by atoms with Gasteiger partial charge in [0.05, 0.1) is 16.4 Å². The molecule has 2 aromatic carbocycles. The summed E-state index contributed by atoms with van der Waals surface area (Å²) < 4.78 is 0. The van der Waals surface area contributed by atoms with Crippen LogP contribution in [0.15, 0.2) is 36.4 Å². The number of nitrogens with one attached hydrogen (secondary N) is 1. The Balaban J connectivity index is 2.63. The molecule has 0 saturated carbocycles. The number of fused-ring (bicyclic) bond motifs is 1. The number of non-ortho nitro benzene ring substituents is 1. The van der Waals surface area contributed by atoms with E-state index in [1.165, 1.54) is 6.07 Å². The van der Waals surface area contributed by atoms with Gasteiger partial charge in [-0.25, -0.2) is 0 Å². The average Bonchev–Trinajstić information content (AvgIpc) is 2.35. The molecule has 0 aliphatic carbocycles. The Kier molecular flexibility index (Phi) is 2.88. The first-order chi connectivity index (χ1) is 8.24. The molecule has 0 atom stereocenters. The molecule has 0 aliphatic rings. The van der Waals surface area contributed by atoms with Crippen LogP contribution in [0.2, 0.25) is 0 Å². The zero-order valence-electron chi connectivity index (χ0n) is 8.88. The Morgan fingerprint density at radius 1 is 1.24 bits per heavy atom. The van der Waals surface area contributed by atoms with Crippen LogP contribution in [0.4, 0.5) is 11.4 Å². The van der Waals surface area contributed by atoms with E-state index in [9.17, 15) is 10.1 Å². The van der Waals surface area contributed by atoms with Gasteiger partial charge in [0.15, 0.2) is 0 Å². The fraction of sp³-hybridized carbons (Fsp3) is 0.0833. The second-order valence-corrected chi connectivity index (χ2v) is 3.45. The normalized spacial score (nSPS) is 9.82. The molecule has 2 aromatic rings. The van der Waals surface area contributed by atoms with Gasteiger partial charge < -0.3 is 5.32 Å². The lowest BCUT2D eigenvalue weighted by atomic mass is 10.1. The van der Waals surface area contributed by atoms with Gasteiger partial charge in [-0.3, -0.25) is 10.1 Å². The molecule has 0 fully saturated rings. The molecule has 0 amide bonds. The molecule has 0 spiro atoms. The van der Waals surface area contributed by atoms with E-state index in [0.717, 1.165) is 11.1 Å². The summed E-state index contributed by atoms with van der Waals surface area (Å²) in [6, 6.07) is 12.1. The zero-order chi connectivity index (χ0) is 12.3. The molecule has 0 radical (unpaired) electrons. The number of rotatable bonds is 3. The summed E-state index contributed by atoms with van der Waals surface area (Å²) in [5.41, 5.74) is 0.802. The van der Waals surface area contributed by atoms with Crippen molar-refractivity contribution in [2.45, 2.75) is 0 Å². The van der Waals surface area contributed by atoms with Crippen LogP contribution in [-0.4, -0.2) is 11.5 Å². The lowest BCUT2D eigenvalue weighted by Crippen LogP contribution is -2.00. The highest BCUT2D eigenvalue weighted by atomic mass is 16.6. The second kappa shape index (κ2) is 4.49. The average molecular weight is 227 g/mol. The van der Waals surface area contributed by atoms with Gasteiger partial charge >= 0.3 is 0 Å². The number of nitro benzene ring substituents is 1. The van der Waals surface area contributed by atoms with E-state index in [1.54, 1.807) is 24.3 Å². The van der Waals surface area contributed by atoms with Gasteiger partial charge in [0, 0.05) is 17.1 Å². The lowest BCUT2D eigenvalue weighted by molar-refractivity contribution is -0.383. The molecule has 84 valence electrons. The molecular weight excluding hydrogens is 218 g/mol. The summed E-state index contributed by atoms with van der Waals surface area (Å²) >= 11 is 0. The molecule has 0 unspecified atom stereocenters. The minimum absolute atomic E-state index is 0.0723. The summed E-state index contributed by atoms with van der Waals surface area (Å²) in [5, 5.41) is 23.6. The fourth-order valence-corrected chi connectivity index (χ4v) is 1.73. The molecule has 17 heavy (non-hydrogen) atoms. The highest BCUT2D eigenvalue weighted by Gasteiger charge is 2.13. The van der Waals surface area contributed by atoms with Gasteiger partial charge in [-0.2, -0.15) is 5.26 Å². The van der Waals surface area contributed by atoms with Gasteiger partial charge in [-0.1, -0.05) is 18.2 Å². The minimum atomic E-state index is -0.406. The third-order valence-corrected chi connectivity index (χ3v) is 2.46. The van der Waals surface area contributed by atoms with Crippen molar-refractivity contribution in [2.75, 3.05) is 11.9 Å². The Labute approximate surface area is 97.4 Å². The van der Waals surface area contributed by atoms with Crippen molar-refractivity contribution in [3.8, 4) is 6.07 Å². The van der Waals surface area contributed by atoms with Gasteiger partial charge in [0.1, 0.15) is 6.54 Å². The quantitative estimate of drug-likeness (QED) is 0.496. The lowest BCUT2D eigenvalue weighted by Gasteiger charge is -2.07. The Bertz CT molecular complexity index is 617. The number of anilines is 1. The van der Waals surface area contributed by atoms with Gasteiger partial charge in [-0.05, 0) is 12.1 Å². The maximum atomic E-state index is 10.9. The van der Waals surface area contributed by atoms with Crippen molar-refractivity contribution < 1.29 is 4.92 Å². The molecule has 0 saturated heterocycles. The molecule has 0 aromatic heterocycles. The maximum Gasteiger partial charge on any atom is 0.277 e. The summed E-state index contributed by atoms with van der Waals surface area (Å²) in [4.78, 5) is 10.5. The number of hydrogen-bond donors (Lipinski definition) is 1. The number of hydrogen-bond acceptors (Lipinski definition) is 4. The van der Waals surface area contributed by atoms with E-state index >= 15 is 0 Å². The Morgan fingerprint density at radius 2 is 1.94 bits per heavy atom. The van der Waals surface area contributed by atoms with Crippen LogP contribution in [0.25, 0.3) is 10.8 Å². The minimum Gasteiger partial charge on any atom is -0.372 e. The van der Waals surface area contributed by atoms with Crippen LogP contribution in [-0.2, 0) is 0 Å². The predicted octanol–water partition coefficient (Wildman–Crippen LogP) is 2.68. The Hall–Kier alpha value is -2.61. The van der Waals surface area contributed by atoms with E-state index in [2.05, 4.69) is 5.32 Å². The summed E-state index contributed by atoms with van der Waals surface area (Å²) in [6.45, 7) is 0.168. The first kappa shape index (κ1) is 10.9. The number of nitriles is 1. The zero-order valence-corrected chi connectivity index (χ0v) is 8.88. The largest absolute Gasteiger partial charge is 0.372 e. The first-order valence-corrected chi connectivity index (χ1v) is 5.01. The number of nitrogens with zero attached hydrogens (tertiary/aromatic N) is 2. The molecule has 2 rings (SSSR count). The third kappa shape index (κ3) is 2.01. The smallest absolute Gasteiger partial charge is 0.277 e. The van der Waals surface area contributed by atoms with Crippen LogP contribution >= 0.6 is 0 Å². The van der Waals surface area contributed by atoms with Crippen LogP contribution < -0.4 is 5.32 Å². The third-order valence-electron chi connectivity index (χ3n) is 2.46. The standard InChI is InChI=1S/C12H9N3O2/c13-7-8-14-11-5-6-12(15(16)17)10-4-2-1-3-9(10)11/h1-6,14H,8H2. The highest BCUT2D eigenvalue weighted by Crippen LogP contribution is 2.30. The molecule has 5 nitrogen and oxygen atoms in total. The molecule has 0 aliphatic heterocycles. The molecular formula is C12H9N3O2. The van der Waals surface area contributed by atoms with E-state index in [-0.39, 0.29) is 12.2 Å². The Morgan fingerprint density at radius 3 is 2.59 bits per heavy atom. The summed E-state index contributed by atoms with van der Waals surface area (Å²) in [7, 11) is 0. The van der Waals surface area contributed by atoms with Crippen LogP contribution in [0.1, 0.15) is 0 Å². The van der Waals surface area contributed by atoms with Crippen LogP contribution in [0, 0.1) is 21.4 Å². The maximum absolute atomic E-state index is 10.9. The van der Waals surface area contributed by atoms with Crippen molar-refractivity contribution in [3.63, 3.8) is 0 Å². The summed E-state index contributed by atoms with van der Waals surface area (Å²) in [6.07, 6.45) is 0. The van der Waals surface area contributed by atoms with Crippen LogP contribution in [0.3, 0.4) is 0 Å². The van der Waals surface area contributed by atoms with E-state index in [4.69, 9.17) is 5.26 Å². The molecule has 1 N–H and O–H groups in total. The monoisotopic (exact) mass is 227 g/mol. The van der Waals surface area contributed by atoms with E-state index in [1.807, 2.05) is 12.1 Å². The molecule has 0 heterocycles. The van der Waals surface area contributed by atoms with Crippen molar-refractivity contribution in [3.05, 3.63) is 46.5 Å². The van der Waals surface area contributed by atoms with Crippen molar-refractivity contribution in [2.24, 2.45) is 0 Å². The topological polar surface area (TPSA) is 79.0 Å². The number of benzene rings is 2. The van der Waals surface area contributed by atoms with Crippen molar-refractivity contribution in [1.82, 2.24) is 0 Å². The first-order valence-electron chi connectivity index (χ1n) is 5.01. The van der Waals surface area contributed by atoms with Crippen molar-refractivity contribution in [1.29, 1.82) is 5.26 Å². The predicted molar refractivity (Wildman–Crippen MR) is 64.7 cm³/mol. The van der Waals surface area contributed by atoms with E-state index in [0.29, 0.717) is 5.39 Å². The SMILES string of the molecule is N#CCNc1ccc([N+](=O)[O-])c2ccccc12. The molecule has 5 heteroatoms. The van der Waals surface area contributed by atoms with Gasteiger partial charge in [0.2, 0.25) is 0 Å². The van der Waals surface area contributed by atoms with E-state index < -0.39 is 4.92 Å². The second-order valence-electron chi connectivity index (χ2n) is 3.45. The van der Waals surface area contributed by atoms with Gasteiger partial charge in [0.25, 0.3) is 5.69 Å². The number of nitro groups is 1. The summed E-state index contributed by atoms with van der Waals surface area (Å²) in [5.74, 6) is 0.